The van der Waals surface area contributed by atoms with Gasteiger partial charge in [0, 0.05) is 12.3 Å². The molecular weight excluding hydrogens is 356 g/mol. The van der Waals surface area contributed by atoms with Crippen molar-refractivity contribution in [2.24, 2.45) is 34.5 Å². The Kier molecular flexibility index (Phi) is 4.74. The first-order chi connectivity index (χ1) is 13.0. The third-order valence-electron chi connectivity index (χ3n) is 9.71. The molecule has 0 aromatic rings. The van der Waals surface area contributed by atoms with E-state index in [9.17, 15) is 19.8 Å². The van der Waals surface area contributed by atoms with Crippen molar-refractivity contribution >= 4 is 11.8 Å². The van der Waals surface area contributed by atoms with Crippen LogP contribution in [0, 0.1) is 34.5 Å². The molecule has 5 heteroatoms. The van der Waals surface area contributed by atoms with Crippen LogP contribution in [-0.4, -0.2) is 39.8 Å². The lowest BCUT2D eigenvalue weighted by atomic mass is 9.44. The molecule has 9 atom stereocenters. The molecule has 4 aliphatic rings. The van der Waals surface area contributed by atoms with Crippen LogP contribution in [0.3, 0.4) is 0 Å². The fourth-order valence-corrected chi connectivity index (χ4v) is 8.22. The van der Waals surface area contributed by atoms with Crippen LogP contribution < -0.4 is 0 Å². The predicted octanol–water partition coefficient (Wildman–Crippen LogP) is 3.25. The predicted molar refractivity (Wildman–Crippen MR) is 104 cm³/mol. The van der Waals surface area contributed by atoms with E-state index in [0.717, 1.165) is 44.9 Å². The van der Waals surface area contributed by atoms with E-state index >= 15 is 0 Å². The molecule has 0 aromatic carbocycles. The van der Waals surface area contributed by atoms with Gasteiger partial charge in [0.05, 0.1) is 6.10 Å². The third-order valence-corrected chi connectivity index (χ3v) is 9.71. The Hall–Kier alpha value is -0.940. The van der Waals surface area contributed by atoms with Gasteiger partial charge in [0.15, 0.2) is 11.4 Å². The van der Waals surface area contributed by atoms with Crippen LogP contribution in [-0.2, 0) is 14.3 Å². The highest BCUT2D eigenvalue weighted by Crippen LogP contribution is 2.68. The molecule has 0 heterocycles. The summed E-state index contributed by atoms with van der Waals surface area (Å²) in [6.07, 6.45) is 6.58. The van der Waals surface area contributed by atoms with Crippen molar-refractivity contribution in [3.05, 3.63) is 0 Å². The minimum absolute atomic E-state index is 0.0529. The summed E-state index contributed by atoms with van der Waals surface area (Å²) in [4.78, 5) is 23.8. The molecule has 158 valence electrons. The van der Waals surface area contributed by atoms with Gasteiger partial charge >= 0.3 is 5.97 Å². The Morgan fingerprint density at radius 1 is 0.964 bits per heavy atom. The van der Waals surface area contributed by atoms with Crippen LogP contribution in [0.25, 0.3) is 0 Å². The molecule has 0 saturated heterocycles. The van der Waals surface area contributed by atoms with Gasteiger partial charge in [-0.2, -0.15) is 0 Å². The van der Waals surface area contributed by atoms with Crippen LogP contribution in [0.5, 0.6) is 0 Å². The molecule has 0 bridgehead atoms. The Morgan fingerprint density at radius 2 is 1.68 bits per heavy atom. The van der Waals surface area contributed by atoms with Gasteiger partial charge in [-0.25, -0.2) is 0 Å². The first-order valence-corrected chi connectivity index (χ1v) is 11.1. The normalized spacial score (nSPS) is 52.9. The third kappa shape index (κ3) is 2.57. The number of aliphatic hydroxyl groups excluding tert-OH is 1. The second-order valence-corrected chi connectivity index (χ2v) is 10.7. The smallest absolute Gasteiger partial charge is 0.302 e. The maximum Gasteiger partial charge on any atom is 0.302 e. The van der Waals surface area contributed by atoms with Crippen LogP contribution in [0.4, 0.5) is 0 Å². The average molecular weight is 393 g/mol. The second-order valence-electron chi connectivity index (χ2n) is 10.7. The molecule has 0 radical (unpaired) electrons. The Labute approximate surface area is 168 Å². The first kappa shape index (κ1) is 20.3. The van der Waals surface area contributed by atoms with Gasteiger partial charge < -0.3 is 14.9 Å². The summed E-state index contributed by atoms with van der Waals surface area (Å²) in [5, 5.41) is 21.9. The van der Waals surface area contributed by atoms with Gasteiger partial charge in [0.25, 0.3) is 0 Å². The van der Waals surface area contributed by atoms with Crippen LogP contribution >= 0.6 is 0 Å². The van der Waals surface area contributed by atoms with Gasteiger partial charge in [0.1, 0.15) is 6.10 Å². The fourth-order valence-electron chi connectivity index (χ4n) is 8.22. The highest BCUT2D eigenvalue weighted by atomic mass is 16.5. The van der Waals surface area contributed by atoms with E-state index in [4.69, 9.17) is 4.74 Å². The summed E-state index contributed by atoms with van der Waals surface area (Å²) in [7, 11) is 0. The maximum absolute atomic E-state index is 12.4. The number of ether oxygens (including phenoxy) is 1. The van der Waals surface area contributed by atoms with E-state index in [1.165, 1.54) is 13.8 Å². The zero-order valence-corrected chi connectivity index (χ0v) is 17.7. The van der Waals surface area contributed by atoms with Gasteiger partial charge in [-0.3, -0.25) is 9.59 Å². The molecule has 0 aromatic heterocycles. The fraction of sp³-hybridized carbons (Fsp3) is 0.913. The number of hydrogen-bond donors (Lipinski definition) is 2. The van der Waals surface area contributed by atoms with E-state index in [1.807, 2.05) is 6.92 Å². The summed E-state index contributed by atoms with van der Waals surface area (Å²) >= 11 is 0. The highest BCUT2D eigenvalue weighted by molar-refractivity contribution is 5.87. The van der Waals surface area contributed by atoms with Crippen molar-refractivity contribution < 1.29 is 24.5 Å². The zero-order chi connectivity index (χ0) is 20.5. The standard InChI is InChI=1S/C23H36O5/c1-13(24)23(27)20(26)12-19-17-6-5-15-11-16(28-14(2)25)7-9-21(15,3)18(17)8-10-22(19,23)4/h15-20,26-27H,5-12H2,1-4H3/t15-,16+,17+,18-,19-,20-,21-,22-,23+/m0/s1. The summed E-state index contributed by atoms with van der Waals surface area (Å²) in [5.41, 5.74) is -1.91. The Bertz CT molecular complexity index is 676. The number of fused-ring (bicyclic) bond motifs is 5. The minimum atomic E-state index is -1.60. The average Bonchev–Trinajstić information content (AvgIpc) is 2.83. The molecule has 4 fully saturated rings. The number of Topliss-reactive ketones (excluding diaryl/α,β-unsaturated/α-hetero) is 1. The van der Waals surface area contributed by atoms with E-state index in [-0.39, 0.29) is 29.2 Å². The molecule has 4 aliphatic carbocycles. The molecular formula is C23H36O5. The van der Waals surface area contributed by atoms with E-state index in [0.29, 0.717) is 24.2 Å². The van der Waals surface area contributed by atoms with Crippen molar-refractivity contribution in [3.8, 4) is 0 Å². The summed E-state index contributed by atoms with van der Waals surface area (Å²) in [5.74, 6) is 1.30. The number of carbonyl (C=O) groups is 2. The SMILES string of the molecule is CC(=O)O[C@@H]1CC[C@@]2(C)[C@@H](CC[C@@H]3[C@@H]2CC[C@@]2(C)[C@H]3C[C@H](O)[C@]2(O)C(C)=O)C1. The molecule has 28 heavy (non-hydrogen) atoms. The Morgan fingerprint density at radius 3 is 2.32 bits per heavy atom. The van der Waals surface area contributed by atoms with Crippen LogP contribution in [0.2, 0.25) is 0 Å². The van der Waals surface area contributed by atoms with E-state index in [1.54, 1.807) is 0 Å². The molecule has 0 unspecified atom stereocenters. The van der Waals surface area contributed by atoms with Gasteiger partial charge in [-0.1, -0.05) is 13.8 Å². The number of aliphatic hydroxyl groups is 2. The van der Waals surface area contributed by atoms with Crippen molar-refractivity contribution in [2.75, 3.05) is 0 Å². The minimum Gasteiger partial charge on any atom is -0.463 e. The van der Waals surface area contributed by atoms with Crippen molar-refractivity contribution in [2.45, 2.75) is 96.9 Å². The monoisotopic (exact) mass is 392 g/mol. The van der Waals surface area contributed by atoms with Gasteiger partial charge in [0.2, 0.25) is 0 Å². The molecule has 5 nitrogen and oxygen atoms in total. The van der Waals surface area contributed by atoms with E-state index in [2.05, 4.69) is 6.92 Å². The van der Waals surface area contributed by atoms with Gasteiger partial charge in [-0.15, -0.1) is 0 Å². The lowest BCUT2D eigenvalue weighted by Crippen LogP contribution is -2.60. The second kappa shape index (κ2) is 6.53. The number of rotatable bonds is 2. The summed E-state index contributed by atoms with van der Waals surface area (Å²) in [6.45, 7) is 7.38. The van der Waals surface area contributed by atoms with Crippen LogP contribution in [0.15, 0.2) is 0 Å². The highest BCUT2D eigenvalue weighted by Gasteiger charge is 2.69. The number of esters is 1. The quantitative estimate of drug-likeness (QED) is 0.705. The van der Waals surface area contributed by atoms with Crippen molar-refractivity contribution in [1.82, 2.24) is 0 Å². The van der Waals surface area contributed by atoms with E-state index < -0.39 is 17.1 Å². The zero-order valence-electron chi connectivity index (χ0n) is 17.7. The Balaban J connectivity index is 1.59. The lowest BCUT2D eigenvalue weighted by Gasteiger charge is -2.61. The number of ketones is 1. The molecule has 0 aliphatic heterocycles. The largest absolute Gasteiger partial charge is 0.463 e. The molecule has 0 amide bonds. The number of hydrogen-bond acceptors (Lipinski definition) is 5. The first-order valence-electron chi connectivity index (χ1n) is 11.1. The molecule has 0 spiro atoms. The topological polar surface area (TPSA) is 83.8 Å². The number of carbonyl (C=O) groups excluding carboxylic acids is 2. The molecule has 2 N–H and O–H groups in total. The summed E-state index contributed by atoms with van der Waals surface area (Å²) < 4.78 is 5.53. The van der Waals surface area contributed by atoms with Crippen molar-refractivity contribution in [3.63, 3.8) is 0 Å². The maximum atomic E-state index is 12.4. The molecule has 4 saturated carbocycles. The van der Waals surface area contributed by atoms with Crippen molar-refractivity contribution in [1.29, 1.82) is 0 Å². The van der Waals surface area contributed by atoms with Crippen LogP contribution in [0.1, 0.15) is 79.1 Å². The molecule has 4 rings (SSSR count). The van der Waals surface area contributed by atoms with Gasteiger partial charge in [-0.05, 0) is 87.4 Å². The lowest BCUT2D eigenvalue weighted by molar-refractivity contribution is -0.183. The summed E-state index contributed by atoms with van der Waals surface area (Å²) in [6, 6.07) is 0.